The summed E-state index contributed by atoms with van der Waals surface area (Å²) in [7, 11) is 0. The van der Waals surface area contributed by atoms with Crippen molar-refractivity contribution in [1.82, 2.24) is 0 Å². The molecule has 0 atom stereocenters. The normalized spacial score (nSPS) is 11.1. The molecule has 0 bridgehead atoms. The first-order chi connectivity index (χ1) is 29.3. The molecular formula is C58H41N. The fourth-order valence-corrected chi connectivity index (χ4v) is 8.61. The van der Waals surface area contributed by atoms with Gasteiger partial charge in [-0.3, -0.25) is 0 Å². The smallest absolute Gasteiger partial charge is 0.0462 e. The summed E-state index contributed by atoms with van der Waals surface area (Å²) in [4.78, 5) is 2.34. The number of benzene rings is 10. The van der Waals surface area contributed by atoms with Crippen LogP contribution in [0.4, 0.5) is 17.1 Å². The summed E-state index contributed by atoms with van der Waals surface area (Å²) in [5.41, 5.74) is 17.8. The van der Waals surface area contributed by atoms with Crippen molar-refractivity contribution in [3.8, 4) is 66.8 Å². The van der Waals surface area contributed by atoms with Crippen LogP contribution in [0.3, 0.4) is 0 Å². The van der Waals surface area contributed by atoms with Gasteiger partial charge in [-0.1, -0.05) is 212 Å². The summed E-state index contributed by atoms with van der Waals surface area (Å²) < 4.78 is 0. The molecule has 278 valence electrons. The summed E-state index contributed by atoms with van der Waals surface area (Å²) >= 11 is 0. The van der Waals surface area contributed by atoms with Crippen LogP contribution in [0.1, 0.15) is 0 Å². The monoisotopic (exact) mass is 751 g/mol. The molecule has 0 amide bonds. The highest BCUT2D eigenvalue weighted by Gasteiger charge is 2.26. The zero-order valence-corrected chi connectivity index (χ0v) is 32.6. The Balaban J connectivity index is 1.22. The highest BCUT2D eigenvalue weighted by Crippen LogP contribution is 2.53. The van der Waals surface area contributed by atoms with Gasteiger partial charge >= 0.3 is 0 Å². The quantitative estimate of drug-likeness (QED) is 0.142. The average molecular weight is 752 g/mol. The van der Waals surface area contributed by atoms with Crippen LogP contribution in [0.5, 0.6) is 0 Å². The van der Waals surface area contributed by atoms with E-state index in [0.29, 0.717) is 0 Å². The molecule has 59 heavy (non-hydrogen) atoms. The van der Waals surface area contributed by atoms with E-state index in [2.05, 4.69) is 254 Å². The van der Waals surface area contributed by atoms with Crippen molar-refractivity contribution in [2.75, 3.05) is 4.90 Å². The van der Waals surface area contributed by atoms with Gasteiger partial charge in [0.05, 0.1) is 0 Å². The fourth-order valence-electron chi connectivity index (χ4n) is 8.61. The van der Waals surface area contributed by atoms with E-state index in [9.17, 15) is 0 Å². The second kappa shape index (κ2) is 16.0. The van der Waals surface area contributed by atoms with E-state index in [4.69, 9.17) is 0 Å². The molecule has 0 aliphatic rings. The van der Waals surface area contributed by atoms with Crippen LogP contribution in [-0.2, 0) is 0 Å². The predicted octanol–water partition coefficient (Wildman–Crippen LogP) is 16.3. The van der Waals surface area contributed by atoms with E-state index in [1.54, 1.807) is 0 Å². The molecule has 10 aromatic rings. The Morgan fingerprint density at radius 2 is 0.542 bits per heavy atom. The number of rotatable bonds is 9. The van der Waals surface area contributed by atoms with E-state index in [1.807, 2.05) is 0 Å². The molecular weight excluding hydrogens is 711 g/mol. The van der Waals surface area contributed by atoms with Gasteiger partial charge in [0.2, 0.25) is 0 Å². The van der Waals surface area contributed by atoms with E-state index in [-0.39, 0.29) is 0 Å². The first-order valence-electron chi connectivity index (χ1n) is 20.3. The number of fused-ring (bicyclic) bond motifs is 1. The number of anilines is 3. The van der Waals surface area contributed by atoms with Gasteiger partial charge in [0.1, 0.15) is 0 Å². The molecule has 0 aliphatic carbocycles. The van der Waals surface area contributed by atoms with E-state index in [0.717, 1.165) is 22.6 Å². The number of hydrogen-bond acceptors (Lipinski definition) is 1. The van der Waals surface area contributed by atoms with Crippen molar-refractivity contribution in [3.05, 3.63) is 249 Å². The van der Waals surface area contributed by atoms with Crippen molar-refractivity contribution in [2.45, 2.75) is 0 Å². The molecule has 0 N–H and O–H groups in total. The molecule has 0 unspecified atom stereocenters. The maximum atomic E-state index is 2.34. The minimum Gasteiger partial charge on any atom is -0.311 e. The van der Waals surface area contributed by atoms with E-state index >= 15 is 0 Å². The van der Waals surface area contributed by atoms with E-state index < -0.39 is 0 Å². The lowest BCUT2D eigenvalue weighted by Crippen LogP contribution is -2.09. The van der Waals surface area contributed by atoms with Gasteiger partial charge in [0.15, 0.2) is 0 Å². The van der Waals surface area contributed by atoms with Crippen LogP contribution in [0.25, 0.3) is 77.5 Å². The van der Waals surface area contributed by atoms with Crippen LogP contribution < -0.4 is 4.90 Å². The zero-order chi connectivity index (χ0) is 39.4. The Labute approximate surface area is 346 Å². The summed E-state index contributed by atoms with van der Waals surface area (Å²) in [6, 6.07) is 89.8. The fraction of sp³-hybridized carbons (Fsp3) is 0. The van der Waals surface area contributed by atoms with Crippen LogP contribution in [-0.4, -0.2) is 0 Å². The topological polar surface area (TPSA) is 3.24 Å². The third-order valence-corrected chi connectivity index (χ3v) is 11.3. The predicted molar refractivity (Wildman–Crippen MR) is 251 cm³/mol. The van der Waals surface area contributed by atoms with Gasteiger partial charge in [-0.15, -0.1) is 0 Å². The third kappa shape index (κ3) is 6.90. The molecule has 0 aromatic heterocycles. The minimum atomic E-state index is 1.09. The van der Waals surface area contributed by atoms with Gasteiger partial charge in [-0.2, -0.15) is 0 Å². The van der Waals surface area contributed by atoms with Crippen molar-refractivity contribution < 1.29 is 0 Å². The largest absolute Gasteiger partial charge is 0.311 e. The third-order valence-electron chi connectivity index (χ3n) is 11.3. The standard InChI is InChI=1S/C58H41N/c1-7-20-42(21-8-1)43-34-38-50(39-35-43)59(49-30-17-6-18-31-49)51-40-36-44(37-41-51)52-32-19-33-53-54(45-22-9-2-10-23-45)55(46-24-11-3-12-25-46)56(47-26-13-4-14-27-47)57(58(52)53)48-28-15-5-16-29-48/h1-41H. The van der Waals surface area contributed by atoms with Crippen molar-refractivity contribution in [1.29, 1.82) is 0 Å². The minimum absolute atomic E-state index is 1.09. The van der Waals surface area contributed by atoms with Crippen LogP contribution in [0.15, 0.2) is 249 Å². The van der Waals surface area contributed by atoms with Gasteiger partial charge in [-0.25, -0.2) is 0 Å². The Bertz CT molecular complexity index is 2960. The lowest BCUT2D eigenvalue weighted by atomic mass is 9.77. The maximum absolute atomic E-state index is 2.34. The van der Waals surface area contributed by atoms with Gasteiger partial charge in [0, 0.05) is 17.1 Å². The summed E-state index contributed by atoms with van der Waals surface area (Å²) in [5.74, 6) is 0. The van der Waals surface area contributed by atoms with Gasteiger partial charge < -0.3 is 4.90 Å². The first kappa shape index (κ1) is 35.7. The first-order valence-corrected chi connectivity index (χ1v) is 20.3. The van der Waals surface area contributed by atoms with Crippen LogP contribution in [0, 0.1) is 0 Å². The van der Waals surface area contributed by atoms with Crippen molar-refractivity contribution in [2.24, 2.45) is 0 Å². The Morgan fingerprint density at radius 1 is 0.203 bits per heavy atom. The number of para-hydroxylation sites is 1. The molecule has 10 rings (SSSR count). The zero-order valence-electron chi connectivity index (χ0n) is 32.6. The molecule has 10 aromatic carbocycles. The average Bonchev–Trinajstić information content (AvgIpc) is 3.33. The maximum Gasteiger partial charge on any atom is 0.0462 e. The van der Waals surface area contributed by atoms with E-state index in [1.165, 1.54) is 72.0 Å². The van der Waals surface area contributed by atoms with Crippen LogP contribution >= 0.6 is 0 Å². The SMILES string of the molecule is c1ccc(-c2ccc(N(c3ccccc3)c3ccc(-c4cccc5c(-c6ccccc6)c(-c6ccccc6)c(-c6ccccc6)c(-c6ccccc6)c45)cc3)cc2)cc1. The highest BCUT2D eigenvalue weighted by molar-refractivity contribution is 6.21. The lowest BCUT2D eigenvalue weighted by Gasteiger charge is -2.27. The Hall–Kier alpha value is -7.74. The molecule has 1 nitrogen and oxygen atoms in total. The second-order valence-corrected chi connectivity index (χ2v) is 14.8. The molecule has 0 saturated heterocycles. The lowest BCUT2D eigenvalue weighted by molar-refractivity contribution is 1.28. The molecule has 0 saturated carbocycles. The number of hydrogen-bond donors (Lipinski definition) is 0. The molecule has 0 spiro atoms. The van der Waals surface area contributed by atoms with Gasteiger partial charge in [-0.05, 0) is 114 Å². The Kier molecular flexibility index (Phi) is 9.68. The van der Waals surface area contributed by atoms with Crippen molar-refractivity contribution in [3.63, 3.8) is 0 Å². The highest BCUT2D eigenvalue weighted by atomic mass is 15.1. The summed E-state index contributed by atoms with van der Waals surface area (Å²) in [5, 5.41) is 2.46. The summed E-state index contributed by atoms with van der Waals surface area (Å²) in [6.07, 6.45) is 0. The Morgan fingerprint density at radius 3 is 1.02 bits per heavy atom. The van der Waals surface area contributed by atoms with Gasteiger partial charge in [0.25, 0.3) is 0 Å². The summed E-state index contributed by atoms with van der Waals surface area (Å²) in [6.45, 7) is 0. The second-order valence-electron chi connectivity index (χ2n) is 14.8. The molecule has 0 fully saturated rings. The van der Waals surface area contributed by atoms with Crippen LogP contribution in [0.2, 0.25) is 0 Å². The number of nitrogens with zero attached hydrogens (tertiary/aromatic N) is 1. The van der Waals surface area contributed by atoms with Crippen molar-refractivity contribution >= 4 is 27.8 Å². The molecule has 0 heterocycles. The molecule has 0 aliphatic heterocycles. The molecule has 1 heteroatoms. The molecule has 0 radical (unpaired) electrons.